The van der Waals surface area contributed by atoms with Crippen molar-refractivity contribution in [2.75, 3.05) is 0 Å². The Hall–Kier alpha value is -0.350. The van der Waals surface area contributed by atoms with Crippen LogP contribution in [0.15, 0.2) is 6.20 Å². The Kier molecular flexibility index (Phi) is 1.43. The van der Waals surface area contributed by atoms with Crippen molar-refractivity contribution in [3.05, 3.63) is 11.1 Å². The van der Waals surface area contributed by atoms with E-state index < -0.39 is 0 Å². The molecule has 0 fully saturated rings. The minimum Gasteiger partial charge on any atom is -0.146 e. The lowest BCUT2D eigenvalue weighted by molar-refractivity contribution is 1.16. The summed E-state index contributed by atoms with van der Waals surface area (Å²) in [6.45, 7) is 0. The Morgan fingerprint density at radius 1 is 1.86 bits per heavy atom. The van der Waals surface area contributed by atoms with Gasteiger partial charge in [-0.2, -0.15) is 0 Å². The fourth-order valence-electron chi connectivity index (χ4n) is 0.227. The molecule has 0 atom stereocenters. The first-order valence-corrected chi connectivity index (χ1v) is 2.90. The minimum absolute atomic E-state index is 0.940. The summed E-state index contributed by atoms with van der Waals surface area (Å²) in [5.41, 5.74) is 0. The van der Waals surface area contributed by atoms with Crippen LogP contribution in [0.4, 0.5) is 0 Å². The molecule has 1 rings (SSSR count). The van der Waals surface area contributed by atoms with E-state index in [1.165, 1.54) is 11.5 Å². The molecule has 0 unspecified atom stereocenters. The summed E-state index contributed by atoms with van der Waals surface area (Å²) in [7, 11) is 0. The molecule has 4 heteroatoms. The van der Waals surface area contributed by atoms with Crippen LogP contribution in [0.1, 0.15) is 4.88 Å². The van der Waals surface area contributed by atoms with Gasteiger partial charge in [-0.25, -0.2) is 0 Å². The topological polar surface area (TPSA) is 25.8 Å². The third-order valence-electron chi connectivity index (χ3n) is 0.495. The molecule has 0 aliphatic heterocycles. The van der Waals surface area contributed by atoms with E-state index in [0.29, 0.717) is 0 Å². The van der Waals surface area contributed by atoms with Crippen LogP contribution in [-0.2, 0) is 0 Å². The van der Waals surface area contributed by atoms with Crippen LogP contribution in [-0.4, -0.2) is 15.0 Å². The Labute approximate surface area is 50.3 Å². The molecule has 0 aliphatic rings. The van der Waals surface area contributed by atoms with Gasteiger partial charge in [-0.15, -0.1) is 5.10 Å². The molecule has 0 bridgehead atoms. The van der Waals surface area contributed by atoms with Crippen molar-refractivity contribution in [2.24, 2.45) is 0 Å². The van der Waals surface area contributed by atoms with Crippen molar-refractivity contribution in [3.63, 3.8) is 0 Å². The molecule has 0 aromatic carbocycles. The number of aromatic nitrogens is 2. The smallest absolute Gasteiger partial charge is 0.0788 e. The molecule has 0 spiro atoms. The van der Waals surface area contributed by atoms with Crippen LogP contribution in [0.5, 0.6) is 0 Å². The number of hydrogen-bond acceptors (Lipinski definition) is 4. The lowest BCUT2D eigenvalue weighted by atomic mass is 10.7. The first-order valence-electron chi connectivity index (χ1n) is 1.66. The van der Waals surface area contributed by atoms with Crippen LogP contribution in [0.3, 0.4) is 0 Å². The predicted octanol–water partition coefficient (Wildman–Crippen LogP) is 0.886. The van der Waals surface area contributed by atoms with Gasteiger partial charge in [0.25, 0.3) is 0 Å². The van der Waals surface area contributed by atoms with Crippen molar-refractivity contribution in [1.29, 1.82) is 0 Å². The molecule has 0 N–H and O–H groups in total. The highest BCUT2D eigenvalue weighted by atomic mass is 32.1. The third kappa shape index (κ3) is 1.01. The highest BCUT2D eigenvalue weighted by molar-refractivity contribution is 7.79. The molecular weight excluding hydrogens is 128 g/mol. The van der Waals surface area contributed by atoms with Crippen molar-refractivity contribution in [2.45, 2.75) is 0 Å². The zero-order valence-corrected chi connectivity index (χ0v) is 5.00. The minimum atomic E-state index is 0.940. The van der Waals surface area contributed by atoms with E-state index in [-0.39, 0.29) is 0 Å². The van der Waals surface area contributed by atoms with E-state index in [2.05, 4.69) is 21.8 Å². The second kappa shape index (κ2) is 2.09. The number of hydrogen-bond donors (Lipinski definition) is 0. The van der Waals surface area contributed by atoms with Crippen LogP contribution in [0.2, 0.25) is 0 Å². The average Bonchev–Trinajstić information content (AvgIpc) is 2.14. The lowest BCUT2D eigenvalue weighted by Gasteiger charge is -1.64. The summed E-state index contributed by atoms with van der Waals surface area (Å²) in [4.78, 5) is 0.940. The van der Waals surface area contributed by atoms with E-state index in [1.807, 2.05) is 0 Å². The van der Waals surface area contributed by atoms with Gasteiger partial charge in [0, 0.05) is 5.37 Å². The highest BCUT2D eigenvalue weighted by Gasteiger charge is 1.83. The lowest BCUT2D eigenvalue weighted by Crippen LogP contribution is -1.61. The molecule has 7 heavy (non-hydrogen) atoms. The van der Waals surface area contributed by atoms with Crippen LogP contribution in [0, 0.1) is 0 Å². The van der Waals surface area contributed by atoms with Gasteiger partial charge in [0.2, 0.25) is 0 Å². The fraction of sp³-hybridized carbons (Fsp3) is 0. The first kappa shape index (κ1) is 4.80. The van der Waals surface area contributed by atoms with Gasteiger partial charge < -0.3 is 0 Å². The predicted molar refractivity (Wildman–Crippen MR) is 32.7 cm³/mol. The van der Waals surface area contributed by atoms with Gasteiger partial charge in [-0.05, 0) is 11.5 Å². The third-order valence-corrected chi connectivity index (χ3v) is 1.51. The van der Waals surface area contributed by atoms with Gasteiger partial charge >= 0.3 is 0 Å². The van der Waals surface area contributed by atoms with Crippen LogP contribution < -0.4 is 0 Å². The highest BCUT2D eigenvalue weighted by Crippen LogP contribution is 1.95. The van der Waals surface area contributed by atoms with Crippen molar-refractivity contribution in [3.8, 4) is 0 Å². The maximum Gasteiger partial charge on any atom is 0.0788 e. The zero-order chi connectivity index (χ0) is 5.11. The molecule has 0 saturated heterocycles. The number of rotatable bonds is 1. The van der Waals surface area contributed by atoms with Crippen LogP contribution in [0.25, 0.3) is 0 Å². The van der Waals surface area contributed by atoms with Gasteiger partial charge in [0.05, 0.1) is 11.1 Å². The van der Waals surface area contributed by atoms with Crippen molar-refractivity contribution < 1.29 is 0 Å². The average molecular weight is 130 g/mol. The second-order valence-corrected chi connectivity index (χ2v) is 1.99. The summed E-state index contributed by atoms with van der Waals surface area (Å²) < 4.78 is 3.59. The molecule has 36 valence electrons. The Bertz CT molecular complexity index is 146. The van der Waals surface area contributed by atoms with Crippen LogP contribution >= 0.6 is 23.8 Å². The van der Waals surface area contributed by atoms with E-state index in [9.17, 15) is 0 Å². The van der Waals surface area contributed by atoms with Gasteiger partial charge in [-0.3, -0.25) is 0 Å². The molecule has 2 nitrogen and oxygen atoms in total. The van der Waals surface area contributed by atoms with E-state index in [0.717, 1.165) is 4.88 Å². The summed E-state index contributed by atoms with van der Waals surface area (Å²) in [5.74, 6) is 0. The second-order valence-electron chi connectivity index (χ2n) is 0.938. The maximum atomic E-state index is 4.58. The normalized spacial score (nSPS) is 8.57. The van der Waals surface area contributed by atoms with Gasteiger partial charge in [-0.1, -0.05) is 16.7 Å². The summed E-state index contributed by atoms with van der Waals surface area (Å²) >= 11 is 5.88. The fourth-order valence-corrected chi connectivity index (χ4v) is 0.743. The maximum absolute atomic E-state index is 4.58. The summed E-state index contributed by atoms with van der Waals surface area (Å²) in [6, 6.07) is 0. The van der Waals surface area contributed by atoms with Gasteiger partial charge in [0.15, 0.2) is 0 Å². The first-order chi connectivity index (χ1) is 3.43. The summed E-state index contributed by atoms with van der Waals surface area (Å²) in [6.07, 6.45) is 1.64. The largest absolute Gasteiger partial charge is 0.146 e. The van der Waals surface area contributed by atoms with Crippen molar-refractivity contribution in [1.82, 2.24) is 9.59 Å². The molecule has 0 saturated carbocycles. The molecular formula is C3H2N2S2. The monoisotopic (exact) mass is 130 g/mol. The molecule has 0 amide bonds. The Balaban J connectivity index is 2.96. The molecule has 1 aromatic rings. The number of nitrogens with zero attached hydrogens (tertiary/aromatic N) is 2. The molecule has 0 aliphatic carbocycles. The van der Waals surface area contributed by atoms with E-state index in [1.54, 1.807) is 11.6 Å². The Morgan fingerprint density at radius 2 is 2.71 bits per heavy atom. The standard InChI is InChI=1S/C3H2N2S2/c6-2-3-1-4-5-7-3/h1-2H. The quantitative estimate of drug-likeness (QED) is 0.528. The SMILES string of the molecule is S=Cc1cnns1. The molecule has 1 heterocycles. The van der Waals surface area contributed by atoms with Gasteiger partial charge in [0.1, 0.15) is 0 Å². The zero-order valence-electron chi connectivity index (χ0n) is 3.37. The molecule has 1 aromatic heterocycles. The van der Waals surface area contributed by atoms with Crippen molar-refractivity contribution >= 4 is 29.1 Å². The van der Waals surface area contributed by atoms with E-state index >= 15 is 0 Å². The molecule has 0 radical (unpaired) electrons. The van der Waals surface area contributed by atoms with E-state index in [4.69, 9.17) is 0 Å². The Morgan fingerprint density at radius 3 is 3.00 bits per heavy atom. The number of thiocarbonyl (C=S) groups is 1. The summed E-state index contributed by atoms with van der Waals surface area (Å²) in [5, 5.41) is 5.12.